The van der Waals surface area contributed by atoms with E-state index in [2.05, 4.69) is 0 Å². The molecule has 3 rings (SSSR count). The molecule has 0 aliphatic rings. The van der Waals surface area contributed by atoms with Crippen LogP contribution in [0.15, 0.2) is 24.3 Å². The first kappa shape index (κ1) is 33.2. The number of rotatable bonds is 5. The summed E-state index contributed by atoms with van der Waals surface area (Å²) >= 11 is 11.7. The van der Waals surface area contributed by atoms with Crippen LogP contribution in [0.25, 0.3) is 0 Å². The fraction of sp³-hybridized carbons (Fsp3) is 0.308. The van der Waals surface area contributed by atoms with Gasteiger partial charge in [0.05, 0.1) is 37.0 Å². The summed E-state index contributed by atoms with van der Waals surface area (Å²) in [6, 6.07) is 5.01. The third-order valence-corrected chi connectivity index (χ3v) is 6.67. The van der Waals surface area contributed by atoms with Crippen molar-refractivity contribution in [3.8, 4) is 23.0 Å². The Kier molecular flexibility index (Phi) is 13.1. The van der Waals surface area contributed by atoms with Crippen LogP contribution in [0.5, 0.6) is 23.0 Å². The summed E-state index contributed by atoms with van der Waals surface area (Å²) in [5, 5.41) is 90.8. The molecule has 0 radical (unpaired) electrons. The quantitative estimate of drug-likeness (QED) is 0.159. The van der Waals surface area contributed by atoms with Gasteiger partial charge in [0.15, 0.2) is 6.29 Å². The highest BCUT2D eigenvalue weighted by atomic mass is 35.5. The molecule has 0 saturated heterocycles. The van der Waals surface area contributed by atoms with E-state index in [1.807, 2.05) is 0 Å². The summed E-state index contributed by atoms with van der Waals surface area (Å²) in [6.07, 6.45) is -1.76. The minimum Gasteiger partial charge on any atom is -0.508 e. The Morgan fingerprint density at radius 3 is 1.53 bits per heavy atom. The third-order valence-electron chi connectivity index (χ3n) is 5.82. The summed E-state index contributed by atoms with van der Waals surface area (Å²) in [5.41, 5.74) is 3.62. The van der Waals surface area contributed by atoms with Crippen LogP contribution in [-0.2, 0) is 26.4 Å². The molecular weight excluding hydrogens is 543 g/mol. The van der Waals surface area contributed by atoms with Crippen molar-refractivity contribution < 1.29 is 51.1 Å². The first-order valence-electron chi connectivity index (χ1n) is 11.1. The van der Waals surface area contributed by atoms with Gasteiger partial charge in [0.2, 0.25) is 0 Å². The van der Waals surface area contributed by atoms with Crippen LogP contribution in [0.2, 0.25) is 10.0 Å². The zero-order valence-electron chi connectivity index (χ0n) is 20.9. The molecule has 0 amide bonds. The summed E-state index contributed by atoms with van der Waals surface area (Å²) in [6.45, 7) is 4.15. The summed E-state index contributed by atoms with van der Waals surface area (Å²) in [7, 11) is 0. The molecule has 38 heavy (non-hydrogen) atoms. The van der Waals surface area contributed by atoms with Crippen molar-refractivity contribution in [2.24, 2.45) is 0 Å². The van der Waals surface area contributed by atoms with E-state index >= 15 is 0 Å². The van der Waals surface area contributed by atoms with Gasteiger partial charge < -0.3 is 51.1 Å². The van der Waals surface area contributed by atoms with Gasteiger partial charge in [0.1, 0.15) is 23.0 Å². The maximum atomic E-state index is 9.70. The van der Waals surface area contributed by atoms with Crippen molar-refractivity contribution in [2.45, 2.75) is 53.5 Å². The lowest BCUT2D eigenvalue weighted by Crippen LogP contribution is -1.99. The zero-order chi connectivity index (χ0) is 29.3. The monoisotopic (exact) mass is 574 g/mol. The van der Waals surface area contributed by atoms with Crippen molar-refractivity contribution >= 4 is 23.2 Å². The van der Waals surface area contributed by atoms with Crippen LogP contribution in [0.4, 0.5) is 0 Å². The molecule has 0 saturated carbocycles. The van der Waals surface area contributed by atoms with E-state index in [-0.39, 0.29) is 60.0 Å². The summed E-state index contributed by atoms with van der Waals surface area (Å²) in [4.78, 5) is 0. The number of aliphatic hydroxyl groups excluding tert-OH is 5. The van der Waals surface area contributed by atoms with Crippen LogP contribution in [0.3, 0.4) is 0 Å². The normalized spacial score (nSPS) is 10.5. The Bertz CT molecular complexity index is 1210. The van der Waals surface area contributed by atoms with Crippen LogP contribution in [0.1, 0.15) is 50.8 Å². The number of hydrogen-bond acceptors (Lipinski definition) is 10. The minimum absolute atomic E-state index is 0.0607. The molecule has 10 nitrogen and oxygen atoms in total. The number of benzene rings is 3. The molecule has 0 fully saturated rings. The maximum Gasteiger partial charge on any atom is 0.182 e. The Morgan fingerprint density at radius 1 is 0.658 bits per heavy atom. The minimum atomic E-state index is -1.76. The lowest BCUT2D eigenvalue weighted by molar-refractivity contribution is -0.0440. The van der Waals surface area contributed by atoms with Crippen molar-refractivity contribution in [3.63, 3.8) is 0 Å². The van der Waals surface area contributed by atoms with E-state index in [4.69, 9.17) is 64.1 Å². The second-order valence-electron chi connectivity index (χ2n) is 8.09. The molecule has 0 aliphatic heterocycles. The van der Waals surface area contributed by atoms with Crippen molar-refractivity contribution in [1.29, 1.82) is 0 Å². The van der Waals surface area contributed by atoms with Crippen molar-refractivity contribution in [1.82, 2.24) is 0 Å². The molecule has 210 valence electrons. The Hall–Kier alpha value is -2.80. The molecular formula is C26H32Cl2O10. The first-order valence-corrected chi connectivity index (χ1v) is 11.8. The number of hydrogen-bond donors (Lipinski definition) is 10. The Balaban J connectivity index is 0.000000287. The molecule has 0 aromatic heterocycles. The van der Waals surface area contributed by atoms with Gasteiger partial charge in [-0.1, -0.05) is 23.2 Å². The van der Waals surface area contributed by atoms with E-state index in [1.165, 1.54) is 18.2 Å². The number of aromatic hydroxyl groups is 4. The van der Waals surface area contributed by atoms with Gasteiger partial charge in [-0.2, -0.15) is 0 Å². The molecule has 0 bridgehead atoms. The highest BCUT2D eigenvalue weighted by Crippen LogP contribution is 2.35. The van der Waals surface area contributed by atoms with Gasteiger partial charge in [0.25, 0.3) is 0 Å². The van der Waals surface area contributed by atoms with E-state index in [9.17, 15) is 10.2 Å². The predicted octanol–water partition coefficient (Wildman–Crippen LogP) is 3.07. The zero-order valence-corrected chi connectivity index (χ0v) is 22.5. The number of phenols is 4. The van der Waals surface area contributed by atoms with Crippen LogP contribution in [-0.4, -0.2) is 51.1 Å². The van der Waals surface area contributed by atoms with E-state index in [0.717, 1.165) is 6.07 Å². The van der Waals surface area contributed by atoms with Crippen LogP contribution < -0.4 is 0 Å². The van der Waals surface area contributed by atoms with Gasteiger partial charge >= 0.3 is 0 Å². The molecule has 0 spiro atoms. The molecule has 12 heteroatoms. The number of halogens is 2. The van der Waals surface area contributed by atoms with Gasteiger partial charge in [-0.25, -0.2) is 0 Å². The average Bonchev–Trinajstić information content (AvgIpc) is 2.88. The van der Waals surface area contributed by atoms with Crippen molar-refractivity contribution in [3.05, 3.63) is 78.8 Å². The molecule has 3 aromatic rings. The van der Waals surface area contributed by atoms with Gasteiger partial charge in [-0.05, 0) is 67.3 Å². The maximum absolute atomic E-state index is 9.70. The molecule has 0 heterocycles. The average molecular weight is 575 g/mol. The first-order chi connectivity index (χ1) is 17.8. The summed E-state index contributed by atoms with van der Waals surface area (Å²) in [5.74, 6) is -0.544. The standard InChI is InChI=1S/C10H13ClO3.C9H11ClO3.C7H8O4/c1-5-7(3-12)10(14)8(4-13)6(2)9(5)11;1-5-6(3-11)2-8(10)9(13)7(5)4-12;8-4-1-2-6(9)5(3-4)7(10)11/h12-14H,3-4H2,1-2H3;2,11-13H,3-4H2,1H3;1-3,7-11H. The van der Waals surface area contributed by atoms with Crippen LogP contribution in [0, 0.1) is 20.8 Å². The Morgan fingerprint density at radius 2 is 1.13 bits per heavy atom. The topological polar surface area (TPSA) is 202 Å². The smallest absolute Gasteiger partial charge is 0.182 e. The largest absolute Gasteiger partial charge is 0.508 e. The molecule has 0 atom stereocenters. The van der Waals surface area contributed by atoms with Gasteiger partial charge in [0, 0.05) is 21.7 Å². The third kappa shape index (κ3) is 7.85. The van der Waals surface area contributed by atoms with E-state index in [1.54, 1.807) is 20.8 Å². The second-order valence-corrected chi connectivity index (χ2v) is 8.87. The highest BCUT2D eigenvalue weighted by Gasteiger charge is 2.17. The molecule has 0 unspecified atom stereocenters. The number of aliphatic hydroxyl groups is 6. The Labute approximate surface area is 229 Å². The molecule has 3 aromatic carbocycles. The van der Waals surface area contributed by atoms with Gasteiger partial charge in [-0.3, -0.25) is 0 Å². The molecule has 0 aliphatic carbocycles. The molecule has 10 N–H and O–H groups in total. The van der Waals surface area contributed by atoms with Crippen LogP contribution >= 0.6 is 23.2 Å². The fourth-order valence-corrected chi connectivity index (χ4v) is 3.90. The second kappa shape index (κ2) is 15.0. The lowest BCUT2D eigenvalue weighted by Gasteiger charge is -2.15. The predicted molar refractivity (Wildman–Crippen MR) is 141 cm³/mol. The SMILES string of the molecule is Cc1c(CO)cc(Cl)c(O)c1CO.Cc1c(Cl)c(C)c(CO)c(O)c1CO.Oc1ccc(O)c(C(O)O)c1. The number of phenolic OH excluding ortho intramolecular Hbond substituents is 2. The van der Waals surface area contributed by atoms with Crippen molar-refractivity contribution in [2.75, 3.05) is 0 Å². The van der Waals surface area contributed by atoms with Gasteiger partial charge in [-0.15, -0.1) is 0 Å². The summed E-state index contributed by atoms with van der Waals surface area (Å²) < 4.78 is 0. The van der Waals surface area contributed by atoms with E-state index < -0.39 is 6.29 Å². The van der Waals surface area contributed by atoms with E-state index in [0.29, 0.717) is 44.0 Å². The highest BCUT2D eigenvalue weighted by molar-refractivity contribution is 6.32. The fourth-order valence-electron chi connectivity index (χ4n) is 3.42. The lowest BCUT2D eigenvalue weighted by atomic mass is 9.99.